The average molecular weight is 263 g/mol. The summed E-state index contributed by atoms with van der Waals surface area (Å²) in [6.45, 7) is 1.76. The maximum absolute atomic E-state index is 10.5. The minimum atomic E-state index is -0.447. The Morgan fingerprint density at radius 2 is 2.17 bits per heavy atom. The number of H-pyrrole nitrogens is 1. The summed E-state index contributed by atoms with van der Waals surface area (Å²) >= 11 is 4.99. The van der Waals surface area contributed by atoms with E-state index < -0.39 is 4.92 Å². The van der Waals surface area contributed by atoms with Crippen LogP contribution >= 0.6 is 12.2 Å². The number of rotatable bonds is 3. The molecule has 0 atom stereocenters. The summed E-state index contributed by atoms with van der Waals surface area (Å²) in [5, 5.41) is 21.1. The fraction of sp³-hybridized carbons (Fsp3) is 0.100. The normalized spacial score (nSPS) is 10.9. The lowest BCUT2D eigenvalue weighted by atomic mass is 10.2. The second-order valence-corrected chi connectivity index (χ2v) is 3.87. The van der Waals surface area contributed by atoms with E-state index in [1.54, 1.807) is 25.3 Å². The molecule has 2 rings (SSSR count). The zero-order valence-corrected chi connectivity index (χ0v) is 10.2. The Kier molecular flexibility index (Phi) is 3.28. The molecule has 92 valence electrons. The van der Waals surface area contributed by atoms with Crippen LogP contribution in [0.15, 0.2) is 29.4 Å². The van der Waals surface area contributed by atoms with Gasteiger partial charge in [-0.1, -0.05) is 0 Å². The predicted octanol–water partition coefficient (Wildman–Crippen LogP) is 2.04. The third kappa shape index (κ3) is 2.48. The lowest BCUT2D eigenvalue weighted by Gasteiger charge is -1.95. The van der Waals surface area contributed by atoms with Crippen LogP contribution in [0.1, 0.15) is 11.4 Å². The van der Waals surface area contributed by atoms with Gasteiger partial charge in [-0.05, 0) is 36.8 Å². The van der Waals surface area contributed by atoms with E-state index >= 15 is 0 Å². The molecule has 1 aromatic heterocycles. The van der Waals surface area contributed by atoms with Gasteiger partial charge in [0.15, 0.2) is 0 Å². The molecule has 0 saturated heterocycles. The number of nitro groups is 1. The fourth-order valence-electron chi connectivity index (χ4n) is 1.31. The van der Waals surface area contributed by atoms with Gasteiger partial charge >= 0.3 is 0 Å². The van der Waals surface area contributed by atoms with Crippen molar-refractivity contribution in [2.24, 2.45) is 5.10 Å². The molecule has 0 radical (unpaired) electrons. The van der Waals surface area contributed by atoms with Crippen molar-refractivity contribution >= 4 is 24.1 Å². The Morgan fingerprint density at radius 1 is 1.50 bits per heavy atom. The van der Waals surface area contributed by atoms with E-state index in [0.29, 0.717) is 10.6 Å². The molecule has 18 heavy (non-hydrogen) atoms. The molecule has 0 saturated carbocycles. The van der Waals surface area contributed by atoms with Crippen molar-refractivity contribution in [1.82, 2.24) is 14.9 Å². The minimum absolute atomic E-state index is 0.0447. The lowest BCUT2D eigenvalue weighted by Crippen LogP contribution is -1.94. The van der Waals surface area contributed by atoms with Gasteiger partial charge in [-0.15, -0.1) is 0 Å². The standard InChI is InChI=1S/C10H9N5O2S/c1-7-12-13-10(18)14(7)11-6-8-2-4-9(5-3-8)15(16)17/h2-6H,1H3,(H,13,18)/b11-6+. The number of nitrogens with zero attached hydrogens (tertiary/aromatic N) is 4. The van der Waals surface area contributed by atoms with E-state index in [4.69, 9.17) is 12.2 Å². The van der Waals surface area contributed by atoms with Gasteiger partial charge in [0, 0.05) is 12.1 Å². The van der Waals surface area contributed by atoms with Crippen molar-refractivity contribution in [3.05, 3.63) is 50.5 Å². The fourth-order valence-corrected chi connectivity index (χ4v) is 1.54. The number of hydrogen-bond acceptors (Lipinski definition) is 5. The Hall–Kier alpha value is -2.35. The number of benzene rings is 1. The number of non-ortho nitro benzene ring substituents is 1. The highest BCUT2D eigenvalue weighted by atomic mass is 32.1. The number of hydrogen-bond donors (Lipinski definition) is 1. The SMILES string of the molecule is Cc1n[nH]c(=S)n1/N=C/c1ccc([N+](=O)[O-])cc1. The molecular weight excluding hydrogens is 254 g/mol. The number of aryl methyl sites for hydroxylation is 1. The molecule has 0 aliphatic rings. The summed E-state index contributed by atoms with van der Waals surface area (Å²) < 4.78 is 1.86. The highest BCUT2D eigenvalue weighted by Crippen LogP contribution is 2.10. The molecule has 0 unspecified atom stereocenters. The van der Waals surface area contributed by atoms with Gasteiger partial charge in [0.25, 0.3) is 5.69 Å². The quantitative estimate of drug-likeness (QED) is 0.397. The van der Waals surface area contributed by atoms with Gasteiger partial charge in [-0.2, -0.15) is 14.9 Å². The minimum Gasteiger partial charge on any atom is -0.258 e. The number of nitrogens with one attached hydrogen (secondary N) is 1. The van der Waals surface area contributed by atoms with Gasteiger partial charge in [-0.25, -0.2) is 0 Å². The number of nitro benzene ring substituents is 1. The van der Waals surface area contributed by atoms with Gasteiger partial charge in [0.1, 0.15) is 5.82 Å². The molecule has 8 heteroatoms. The molecule has 0 aliphatic heterocycles. The Morgan fingerprint density at radius 3 is 2.67 bits per heavy atom. The van der Waals surface area contributed by atoms with E-state index in [-0.39, 0.29) is 5.69 Å². The van der Waals surface area contributed by atoms with Crippen molar-refractivity contribution in [2.75, 3.05) is 0 Å². The first-order valence-corrected chi connectivity index (χ1v) is 5.41. The highest BCUT2D eigenvalue weighted by molar-refractivity contribution is 7.71. The van der Waals surface area contributed by atoms with Crippen LogP contribution in [-0.2, 0) is 0 Å². The van der Waals surface area contributed by atoms with Crippen LogP contribution in [0.4, 0.5) is 5.69 Å². The number of aromatic amines is 1. The topological polar surface area (TPSA) is 89.1 Å². The van der Waals surface area contributed by atoms with Crippen LogP contribution < -0.4 is 0 Å². The van der Waals surface area contributed by atoms with Gasteiger partial charge in [-0.3, -0.25) is 15.2 Å². The smallest absolute Gasteiger partial charge is 0.258 e. The van der Waals surface area contributed by atoms with Crippen LogP contribution in [0.5, 0.6) is 0 Å². The molecule has 2 aromatic rings. The van der Waals surface area contributed by atoms with E-state index in [0.717, 1.165) is 5.56 Å². The van der Waals surface area contributed by atoms with E-state index in [1.165, 1.54) is 16.8 Å². The van der Waals surface area contributed by atoms with Crippen molar-refractivity contribution < 1.29 is 4.92 Å². The third-order valence-electron chi connectivity index (χ3n) is 2.24. The first-order chi connectivity index (χ1) is 8.58. The third-order valence-corrected chi connectivity index (χ3v) is 2.50. The zero-order chi connectivity index (χ0) is 13.1. The zero-order valence-electron chi connectivity index (χ0n) is 9.40. The van der Waals surface area contributed by atoms with E-state index in [2.05, 4.69) is 15.3 Å². The molecule has 0 bridgehead atoms. The molecule has 0 aliphatic carbocycles. The van der Waals surface area contributed by atoms with Gasteiger partial charge in [0.05, 0.1) is 11.1 Å². The Bertz CT molecular complexity index is 656. The maximum atomic E-state index is 10.5. The Labute approximate surface area is 107 Å². The molecule has 1 aromatic carbocycles. The molecule has 0 fully saturated rings. The van der Waals surface area contributed by atoms with Crippen molar-refractivity contribution in [2.45, 2.75) is 6.92 Å². The average Bonchev–Trinajstić information content (AvgIpc) is 2.67. The highest BCUT2D eigenvalue weighted by Gasteiger charge is 2.03. The summed E-state index contributed by atoms with van der Waals surface area (Å²) in [7, 11) is 0. The predicted molar refractivity (Wildman–Crippen MR) is 68.2 cm³/mol. The Balaban J connectivity index is 2.24. The van der Waals surface area contributed by atoms with Gasteiger partial charge in [0.2, 0.25) is 4.77 Å². The van der Waals surface area contributed by atoms with Crippen LogP contribution in [-0.4, -0.2) is 26.0 Å². The molecular formula is C10H9N5O2S. The molecule has 7 nitrogen and oxygen atoms in total. The summed E-state index contributed by atoms with van der Waals surface area (Å²) in [5.41, 5.74) is 0.784. The molecule has 1 N–H and O–H groups in total. The van der Waals surface area contributed by atoms with Crippen LogP contribution in [0, 0.1) is 21.8 Å². The summed E-state index contributed by atoms with van der Waals surface area (Å²) in [6, 6.07) is 6.06. The number of aromatic nitrogens is 3. The summed E-state index contributed by atoms with van der Waals surface area (Å²) in [4.78, 5) is 10.0. The first kappa shape index (κ1) is 12.1. The molecule has 1 heterocycles. The monoisotopic (exact) mass is 263 g/mol. The van der Waals surface area contributed by atoms with E-state index in [9.17, 15) is 10.1 Å². The summed E-state index contributed by atoms with van der Waals surface area (Å²) in [5.74, 6) is 0.637. The molecule has 0 spiro atoms. The lowest BCUT2D eigenvalue weighted by molar-refractivity contribution is -0.384. The van der Waals surface area contributed by atoms with Crippen LogP contribution in [0.25, 0.3) is 0 Å². The van der Waals surface area contributed by atoms with Crippen LogP contribution in [0.2, 0.25) is 0 Å². The second-order valence-electron chi connectivity index (χ2n) is 3.48. The largest absolute Gasteiger partial charge is 0.269 e. The second kappa shape index (κ2) is 4.88. The summed E-state index contributed by atoms with van der Waals surface area (Å²) in [6.07, 6.45) is 1.56. The van der Waals surface area contributed by atoms with E-state index in [1.807, 2.05) is 0 Å². The first-order valence-electron chi connectivity index (χ1n) is 5.01. The van der Waals surface area contributed by atoms with Crippen LogP contribution in [0.3, 0.4) is 0 Å². The van der Waals surface area contributed by atoms with Gasteiger partial charge < -0.3 is 0 Å². The van der Waals surface area contributed by atoms with Crippen molar-refractivity contribution in [3.8, 4) is 0 Å². The van der Waals surface area contributed by atoms with Crippen molar-refractivity contribution in [1.29, 1.82) is 0 Å². The maximum Gasteiger partial charge on any atom is 0.269 e. The van der Waals surface area contributed by atoms with Crippen molar-refractivity contribution in [3.63, 3.8) is 0 Å². The molecule has 0 amide bonds.